The Hall–Kier alpha value is -3.01. The standard InChI is InChI=1S/C21H28N4O5S/c1-4-30-17(27)13-31-12-16(26)24(10-14(2)3)18-19(22)25(21(29)23-20(18)28)11-15-8-6-5-7-9-15/h5-9,14H,4,10-13,22H2,1-3H3,(H,23,28,29). The van der Waals surface area contributed by atoms with Crippen LogP contribution in [0.4, 0.5) is 11.5 Å². The third kappa shape index (κ3) is 6.74. The predicted molar refractivity (Wildman–Crippen MR) is 122 cm³/mol. The highest BCUT2D eigenvalue weighted by molar-refractivity contribution is 8.00. The SMILES string of the molecule is CCOC(=O)CSCC(=O)N(CC(C)C)c1c(N)n(Cc2ccccc2)c(=O)[nH]c1=O. The lowest BCUT2D eigenvalue weighted by Gasteiger charge is -2.26. The maximum absolute atomic E-state index is 12.9. The number of benzene rings is 1. The van der Waals surface area contributed by atoms with Gasteiger partial charge in [0.25, 0.3) is 5.56 Å². The maximum Gasteiger partial charge on any atom is 0.330 e. The minimum Gasteiger partial charge on any atom is -0.465 e. The summed E-state index contributed by atoms with van der Waals surface area (Å²) in [5, 5.41) is 0. The van der Waals surface area contributed by atoms with Gasteiger partial charge in [-0.25, -0.2) is 4.79 Å². The van der Waals surface area contributed by atoms with Crippen molar-refractivity contribution < 1.29 is 14.3 Å². The van der Waals surface area contributed by atoms with Crippen LogP contribution in [0, 0.1) is 5.92 Å². The normalized spacial score (nSPS) is 10.8. The molecule has 0 fully saturated rings. The molecule has 1 heterocycles. The van der Waals surface area contributed by atoms with E-state index in [1.807, 2.05) is 44.2 Å². The predicted octanol–water partition coefficient (Wildman–Crippen LogP) is 1.45. The number of nitrogens with one attached hydrogen (secondary N) is 1. The second-order valence-electron chi connectivity index (χ2n) is 7.26. The molecule has 3 N–H and O–H groups in total. The lowest BCUT2D eigenvalue weighted by atomic mass is 10.2. The van der Waals surface area contributed by atoms with Gasteiger partial charge < -0.3 is 15.4 Å². The summed E-state index contributed by atoms with van der Waals surface area (Å²) < 4.78 is 6.09. The van der Waals surface area contributed by atoms with Gasteiger partial charge in [0.15, 0.2) is 5.69 Å². The number of aromatic amines is 1. The molecule has 0 radical (unpaired) electrons. The molecule has 0 saturated heterocycles. The number of nitrogens with two attached hydrogens (primary N) is 1. The molecule has 2 rings (SSSR count). The molecule has 0 bridgehead atoms. The number of nitrogens with zero attached hydrogens (tertiary/aromatic N) is 2. The largest absolute Gasteiger partial charge is 0.465 e. The lowest BCUT2D eigenvalue weighted by molar-refractivity contribution is -0.139. The van der Waals surface area contributed by atoms with E-state index in [2.05, 4.69) is 4.98 Å². The van der Waals surface area contributed by atoms with Gasteiger partial charge in [-0.3, -0.25) is 23.9 Å². The van der Waals surface area contributed by atoms with Crippen molar-refractivity contribution in [2.75, 3.05) is 35.3 Å². The third-order valence-electron chi connectivity index (χ3n) is 4.27. The summed E-state index contributed by atoms with van der Waals surface area (Å²) in [6.07, 6.45) is 0. The second kappa shape index (κ2) is 11.4. The van der Waals surface area contributed by atoms with Gasteiger partial charge in [-0.1, -0.05) is 44.2 Å². The third-order valence-corrected chi connectivity index (χ3v) is 5.16. The number of H-pyrrole nitrogens is 1. The molecule has 0 aliphatic heterocycles. The molecule has 0 spiro atoms. The Labute approximate surface area is 184 Å². The molecular weight excluding hydrogens is 420 g/mol. The zero-order valence-corrected chi connectivity index (χ0v) is 18.7. The highest BCUT2D eigenvalue weighted by Gasteiger charge is 2.25. The van der Waals surface area contributed by atoms with Gasteiger partial charge in [0.2, 0.25) is 5.91 Å². The van der Waals surface area contributed by atoms with Gasteiger partial charge in [-0.15, -0.1) is 11.8 Å². The van der Waals surface area contributed by atoms with E-state index in [0.717, 1.165) is 17.3 Å². The number of ether oxygens (including phenoxy) is 1. The van der Waals surface area contributed by atoms with Crippen LogP contribution in [0.25, 0.3) is 0 Å². The quantitative estimate of drug-likeness (QED) is 0.527. The Balaban J connectivity index is 2.36. The van der Waals surface area contributed by atoms with Crippen LogP contribution in [0.2, 0.25) is 0 Å². The van der Waals surface area contributed by atoms with Crippen LogP contribution in [0.15, 0.2) is 39.9 Å². The second-order valence-corrected chi connectivity index (χ2v) is 8.25. The van der Waals surface area contributed by atoms with Crippen LogP contribution in [0.1, 0.15) is 26.3 Å². The first kappa shape index (κ1) is 24.3. The summed E-state index contributed by atoms with van der Waals surface area (Å²) in [5.74, 6) is -0.861. The van der Waals surface area contributed by atoms with Crippen molar-refractivity contribution in [3.63, 3.8) is 0 Å². The molecule has 1 aromatic carbocycles. The summed E-state index contributed by atoms with van der Waals surface area (Å²) in [7, 11) is 0. The topological polar surface area (TPSA) is 127 Å². The molecule has 0 atom stereocenters. The summed E-state index contributed by atoms with van der Waals surface area (Å²) in [5.41, 5.74) is 5.61. The summed E-state index contributed by atoms with van der Waals surface area (Å²) in [6.45, 7) is 6.15. The first-order valence-corrected chi connectivity index (χ1v) is 11.1. The van der Waals surface area contributed by atoms with Gasteiger partial charge in [-0.2, -0.15) is 0 Å². The Morgan fingerprint density at radius 1 is 1.19 bits per heavy atom. The number of esters is 1. The Morgan fingerprint density at radius 3 is 2.48 bits per heavy atom. The molecule has 10 heteroatoms. The highest BCUT2D eigenvalue weighted by Crippen LogP contribution is 2.20. The van der Waals surface area contributed by atoms with Gasteiger partial charge in [0.1, 0.15) is 5.82 Å². The molecule has 0 saturated carbocycles. The zero-order chi connectivity index (χ0) is 23.0. The van der Waals surface area contributed by atoms with Crippen LogP contribution < -0.4 is 21.9 Å². The van der Waals surface area contributed by atoms with Gasteiger partial charge >= 0.3 is 11.7 Å². The molecule has 31 heavy (non-hydrogen) atoms. The van der Waals surface area contributed by atoms with Crippen LogP contribution in [-0.4, -0.2) is 46.1 Å². The van der Waals surface area contributed by atoms with Crippen molar-refractivity contribution in [3.8, 4) is 0 Å². The zero-order valence-electron chi connectivity index (χ0n) is 17.9. The number of hydrogen-bond acceptors (Lipinski definition) is 7. The number of carbonyl (C=O) groups excluding carboxylic acids is 2. The smallest absolute Gasteiger partial charge is 0.330 e. The molecule has 0 unspecified atom stereocenters. The number of rotatable bonds is 10. The fourth-order valence-electron chi connectivity index (χ4n) is 2.95. The minimum absolute atomic E-state index is 0.0223. The number of amides is 1. The molecular formula is C21H28N4O5S. The fourth-order valence-corrected chi connectivity index (χ4v) is 3.63. The maximum atomic E-state index is 12.9. The molecule has 0 aliphatic carbocycles. The number of nitrogen functional groups attached to an aromatic ring is 1. The number of aromatic nitrogens is 2. The first-order chi connectivity index (χ1) is 14.7. The van der Waals surface area contributed by atoms with Crippen molar-refractivity contribution in [1.82, 2.24) is 9.55 Å². The van der Waals surface area contributed by atoms with Crippen molar-refractivity contribution in [1.29, 1.82) is 0 Å². The molecule has 1 amide bonds. The molecule has 0 aliphatic rings. The fraction of sp³-hybridized carbons (Fsp3) is 0.429. The number of hydrogen-bond donors (Lipinski definition) is 2. The average Bonchev–Trinajstić information content (AvgIpc) is 2.71. The van der Waals surface area contributed by atoms with E-state index in [0.29, 0.717) is 0 Å². The monoisotopic (exact) mass is 448 g/mol. The van der Waals surface area contributed by atoms with E-state index < -0.39 is 17.2 Å². The highest BCUT2D eigenvalue weighted by atomic mass is 32.2. The van der Waals surface area contributed by atoms with Gasteiger partial charge in [-0.05, 0) is 18.4 Å². The van der Waals surface area contributed by atoms with E-state index in [9.17, 15) is 19.2 Å². The van der Waals surface area contributed by atoms with Crippen LogP contribution >= 0.6 is 11.8 Å². The molecule has 168 valence electrons. The molecule has 2 aromatic rings. The molecule has 9 nitrogen and oxygen atoms in total. The van der Waals surface area contributed by atoms with Crippen molar-refractivity contribution in [3.05, 3.63) is 56.7 Å². The van der Waals surface area contributed by atoms with Gasteiger partial charge in [0, 0.05) is 6.54 Å². The first-order valence-electron chi connectivity index (χ1n) is 9.94. The van der Waals surface area contributed by atoms with E-state index in [-0.39, 0.29) is 54.5 Å². The number of anilines is 2. The lowest BCUT2D eigenvalue weighted by Crippen LogP contribution is -2.43. The summed E-state index contributed by atoms with van der Waals surface area (Å²) in [4.78, 5) is 53.1. The Morgan fingerprint density at radius 2 is 1.87 bits per heavy atom. The van der Waals surface area contributed by atoms with E-state index in [4.69, 9.17) is 10.5 Å². The Bertz CT molecular complexity index is 1020. The number of carbonyl (C=O) groups is 2. The van der Waals surface area contributed by atoms with Crippen LogP contribution in [0.5, 0.6) is 0 Å². The summed E-state index contributed by atoms with van der Waals surface area (Å²) >= 11 is 1.09. The number of thioether (sulfide) groups is 1. The van der Waals surface area contributed by atoms with Gasteiger partial charge in [0.05, 0.1) is 24.7 Å². The van der Waals surface area contributed by atoms with E-state index in [1.165, 1.54) is 9.47 Å². The van der Waals surface area contributed by atoms with Crippen LogP contribution in [-0.2, 0) is 20.9 Å². The summed E-state index contributed by atoms with van der Waals surface area (Å²) in [6, 6.07) is 9.18. The van der Waals surface area contributed by atoms with E-state index in [1.54, 1.807) is 6.92 Å². The molecule has 1 aromatic heterocycles. The van der Waals surface area contributed by atoms with Crippen LogP contribution in [0.3, 0.4) is 0 Å². The minimum atomic E-state index is -0.726. The Kier molecular flexibility index (Phi) is 8.92. The van der Waals surface area contributed by atoms with Crippen molar-refractivity contribution in [2.45, 2.75) is 27.3 Å². The average molecular weight is 449 g/mol. The van der Waals surface area contributed by atoms with Crippen molar-refractivity contribution >= 4 is 35.1 Å². The van der Waals surface area contributed by atoms with Crippen molar-refractivity contribution in [2.24, 2.45) is 5.92 Å². The van der Waals surface area contributed by atoms with E-state index >= 15 is 0 Å².